The Bertz CT molecular complexity index is 635. The molecule has 0 radical (unpaired) electrons. The third-order valence-electron chi connectivity index (χ3n) is 2.74. The van der Waals surface area contributed by atoms with Gasteiger partial charge in [-0.15, -0.1) is 0 Å². The smallest absolute Gasteiger partial charge is 0.268 e. The Labute approximate surface area is 123 Å². The van der Waals surface area contributed by atoms with Crippen molar-refractivity contribution in [3.63, 3.8) is 0 Å². The third-order valence-corrected chi connectivity index (χ3v) is 2.74. The number of hydrogen-bond acceptors (Lipinski definition) is 6. The summed E-state index contributed by atoms with van der Waals surface area (Å²) in [5.74, 6) is 2.01. The average molecular weight is 284 g/mol. The van der Waals surface area contributed by atoms with E-state index in [1.54, 1.807) is 19.2 Å². The summed E-state index contributed by atoms with van der Waals surface area (Å²) >= 11 is 0. The Morgan fingerprint density at radius 3 is 2.62 bits per heavy atom. The van der Waals surface area contributed by atoms with E-state index in [2.05, 4.69) is 21.4 Å². The molecule has 0 amide bonds. The van der Waals surface area contributed by atoms with Gasteiger partial charge in [0.05, 0.1) is 19.6 Å². The number of nitrogens with zero attached hydrogens (tertiary/aromatic N) is 3. The second-order valence-corrected chi connectivity index (χ2v) is 4.17. The Kier molecular flexibility index (Phi) is 4.94. The standard InChI is InChI=1S/C15H16N4O2/c1-3-17-14-13(20-2)15(19-10-18-14)21-12-6-4-11(5-7-12)8-9-16/h4-7,10H,3,8H2,1-2H3,(H,17,18,19). The van der Waals surface area contributed by atoms with Gasteiger partial charge in [0.2, 0.25) is 5.75 Å². The zero-order valence-corrected chi connectivity index (χ0v) is 12.0. The van der Waals surface area contributed by atoms with Gasteiger partial charge in [-0.2, -0.15) is 10.2 Å². The fourth-order valence-electron chi connectivity index (χ4n) is 1.79. The fraction of sp³-hybridized carbons (Fsp3) is 0.267. The van der Waals surface area contributed by atoms with Crippen LogP contribution in [0.5, 0.6) is 17.4 Å². The molecule has 6 nitrogen and oxygen atoms in total. The maximum Gasteiger partial charge on any atom is 0.268 e. The topological polar surface area (TPSA) is 80.1 Å². The number of ether oxygens (including phenoxy) is 2. The van der Waals surface area contributed by atoms with Crippen LogP contribution in [0.15, 0.2) is 30.6 Å². The SMILES string of the molecule is CCNc1ncnc(Oc2ccc(CC#N)cc2)c1OC. The predicted molar refractivity (Wildman–Crippen MR) is 78.6 cm³/mol. The lowest BCUT2D eigenvalue weighted by Gasteiger charge is -2.12. The minimum atomic E-state index is 0.344. The van der Waals surface area contributed by atoms with Crippen LogP contribution in [0, 0.1) is 11.3 Å². The molecule has 0 unspecified atom stereocenters. The number of aromatic nitrogens is 2. The monoisotopic (exact) mass is 284 g/mol. The van der Waals surface area contributed by atoms with Crippen molar-refractivity contribution in [2.24, 2.45) is 0 Å². The summed E-state index contributed by atoms with van der Waals surface area (Å²) in [6.07, 6.45) is 1.79. The normalized spacial score (nSPS) is 9.76. The minimum absolute atomic E-state index is 0.344. The quantitative estimate of drug-likeness (QED) is 0.878. The molecule has 2 aromatic rings. The zero-order chi connectivity index (χ0) is 15.1. The van der Waals surface area contributed by atoms with Gasteiger partial charge < -0.3 is 14.8 Å². The molecule has 0 saturated carbocycles. The number of hydrogen-bond donors (Lipinski definition) is 1. The van der Waals surface area contributed by atoms with Crippen molar-refractivity contribution in [1.82, 2.24) is 9.97 Å². The van der Waals surface area contributed by atoms with Gasteiger partial charge in [-0.05, 0) is 24.6 Å². The van der Waals surface area contributed by atoms with Crippen LogP contribution >= 0.6 is 0 Å². The number of nitrogens with one attached hydrogen (secondary N) is 1. The summed E-state index contributed by atoms with van der Waals surface area (Å²) in [5.41, 5.74) is 0.938. The van der Waals surface area contributed by atoms with Crippen molar-refractivity contribution in [1.29, 1.82) is 5.26 Å². The molecular weight excluding hydrogens is 268 g/mol. The summed E-state index contributed by atoms with van der Waals surface area (Å²) < 4.78 is 11.0. The highest BCUT2D eigenvalue weighted by Gasteiger charge is 2.13. The molecule has 0 spiro atoms. The van der Waals surface area contributed by atoms with Crippen LogP contribution in [-0.4, -0.2) is 23.6 Å². The van der Waals surface area contributed by atoms with E-state index < -0.39 is 0 Å². The molecule has 2 rings (SSSR count). The van der Waals surface area contributed by atoms with Crippen molar-refractivity contribution in [3.05, 3.63) is 36.2 Å². The lowest BCUT2D eigenvalue weighted by molar-refractivity contribution is 0.369. The molecule has 21 heavy (non-hydrogen) atoms. The molecule has 0 saturated heterocycles. The maximum atomic E-state index is 8.65. The van der Waals surface area contributed by atoms with Crippen LogP contribution < -0.4 is 14.8 Å². The van der Waals surface area contributed by atoms with Crippen LogP contribution in [0.25, 0.3) is 0 Å². The highest BCUT2D eigenvalue weighted by atomic mass is 16.5. The molecule has 0 atom stereocenters. The lowest BCUT2D eigenvalue weighted by atomic mass is 10.2. The van der Waals surface area contributed by atoms with E-state index in [-0.39, 0.29) is 0 Å². The van der Waals surface area contributed by atoms with Gasteiger partial charge in [-0.25, -0.2) is 4.98 Å². The molecule has 1 aromatic carbocycles. The number of anilines is 1. The van der Waals surface area contributed by atoms with E-state index in [9.17, 15) is 0 Å². The van der Waals surface area contributed by atoms with Gasteiger partial charge in [0.1, 0.15) is 12.1 Å². The Hall–Kier alpha value is -2.81. The molecule has 0 aliphatic rings. The van der Waals surface area contributed by atoms with E-state index in [1.807, 2.05) is 19.1 Å². The van der Waals surface area contributed by atoms with Crippen LogP contribution in [0.1, 0.15) is 12.5 Å². The van der Waals surface area contributed by atoms with Crippen LogP contribution in [0.3, 0.4) is 0 Å². The minimum Gasteiger partial charge on any atom is -0.489 e. The van der Waals surface area contributed by atoms with Crippen LogP contribution in [-0.2, 0) is 6.42 Å². The molecular formula is C15H16N4O2. The Balaban J connectivity index is 2.22. The van der Waals surface area contributed by atoms with Crippen molar-refractivity contribution < 1.29 is 9.47 Å². The van der Waals surface area contributed by atoms with Gasteiger partial charge in [-0.3, -0.25) is 0 Å². The molecule has 0 aliphatic carbocycles. The fourth-order valence-corrected chi connectivity index (χ4v) is 1.79. The van der Waals surface area contributed by atoms with Crippen molar-refractivity contribution >= 4 is 5.82 Å². The highest BCUT2D eigenvalue weighted by molar-refractivity contribution is 5.55. The summed E-state index contributed by atoms with van der Waals surface area (Å²) in [6.45, 7) is 2.69. The van der Waals surface area contributed by atoms with E-state index in [0.29, 0.717) is 29.6 Å². The molecule has 0 aliphatic heterocycles. The van der Waals surface area contributed by atoms with Crippen molar-refractivity contribution in [2.45, 2.75) is 13.3 Å². The first kappa shape index (κ1) is 14.6. The first-order valence-corrected chi connectivity index (χ1v) is 6.55. The van der Waals surface area contributed by atoms with E-state index in [4.69, 9.17) is 14.7 Å². The van der Waals surface area contributed by atoms with Crippen LogP contribution in [0.2, 0.25) is 0 Å². The number of benzene rings is 1. The third kappa shape index (κ3) is 3.60. The van der Waals surface area contributed by atoms with E-state index >= 15 is 0 Å². The molecule has 1 aromatic heterocycles. The van der Waals surface area contributed by atoms with Gasteiger partial charge in [0, 0.05) is 6.54 Å². The van der Waals surface area contributed by atoms with Gasteiger partial charge in [0.15, 0.2) is 5.82 Å². The predicted octanol–water partition coefficient (Wildman–Crippen LogP) is 2.78. The molecule has 0 fully saturated rings. The molecule has 1 heterocycles. The van der Waals surface area contributed by atoms with Gasteiger partial charge in [-0.1, -0.05) is 12.1 Å². The Morgan fingerprint density at radius 2 is 2.00 bits per heavy atom. The summed E-state index contributed by atoms with van der Waals surface area (Å²) in [7, 11) is 1.54. The number of methoxy groups -OCH3 is 1. The average Bonchev–Trinajstić information content (AvgIpc) is 2.50. The number of nitriles is 1. The van der Waals surface area contributed by atoms with Gasteiger partial charge in [0.25, 0.3) is 5.88 Å². The first-order valence-electron chi connectivity index (χ1n) is 6.55. The molecule has 6 heteroatoms. The largest absolute Gasteiger partial charge is 0.489 e. The second-order valence-electron chi connectivity index (χ2n) is 4.17. The first-order chi connectivity index (χ1) is 10.3. The maximum absolute atomic E-state index is 8.65. The summed E-state index contributed by atoms with van der Waals surface area (Å²) in [6, 6.07) is 9.38. The highest BCUT2D eigenvalue weighted by Crippen LogP contribution is 2.34. The summed E-state index contributed by atoms with van der Waals surface area (Å²) in [5, 5.41) is 11.7. The van der Waals surface area contributed by atoms with Crippen molar-refractivity contribution in [3.8, 4) is 23.4 Å². The van der Waals surface area contributed by atoms with Crippen LogP contribution in [0.4, 0.5) is 5.82 Å². The molecule has 0 bridgehead atoms. The van der Waals surface area contributed by atoms with Crippen molar-refractivity contribution in [2.75, 3.05) is 19.0 Å². The zero-order valence-electron chi connectivity index (χ0n) is 12.0. The van der Waals surface area contributed by atoms with E-state index in [0.717, 1.165) is 12.1 Å². The van der Waals surface area contributed by atoms with E-state index in [1.165, 1.54) is 6.33 Å². The molecule has 1 N–H and O–H groups in total. The summed E-state index contributed by atoms with van der Waals surface area (Å²) in [4.78, 5) is 8.21. The van der Waals surface area contributed by atoms with Gasteiger partial charge >= 0.3 is 0 Å². The lowest BCUT2D eigenvalue weighted by Crippen LogP contribution is -2.04. The second kappa shape index (κ2) is 7.10. The Morgan fingerprint density at radius 1 is 1.24 bits per heavy atom. The molecule has 108 valence electrons. The number of rotatable bonds is 6.